The fraction of sp³-hybridized carbons (Fsp3) is 0.333. The van der Waals surface area contributed by atoms with E-state index in [1.165, 1.54) is 6.08 Å². The van der Waals surface area contributed by atoms with Crippen molar-refractivity contribution in [1.29, 1.82) is 0 Å². The fourth-order valence-corrected chi connectivity index (χ4v) is 2.87. The van der Waals surface area contributed by atoms with E-state index in [-0.39, 0.29) is 23.5 Å². The second-order valence-corrected chi connectivity index (χ2v) is 5.72. The summed E-state index contributed by atoms with van der Waals surface area (Å²) in [6, 6.07) is 3.06. The first-order chi connectivity index (χ1) is 9.20. The molecule has 112 valence electrons. The summed E-state index contributed by atoms with van der Waals surface area (Å²) >= 11 is 0. The van der Waals surface area contributed by atoms with Crippen LogP contribution in [0.5, 0.6) is 0 Å². The first-order valence-corrected chi connectivity index (χ1v) is 7.20. The van der Waals surface area contributed by atoms with Crippen LogP contribution in [0.3, 0.4) is 0 Å². The molecule has 1 aromatic carbocycles. The molecule has 0 saturated carbocycles. The number of alkyl halides is 3. The molecule has 0 radical (unpaired) electrons. The largest absolute Gasteiger partial charge is 0.416 e. The van der Waals surface area contributed by atoms with Gasteiger partial charge in [-0.15, -0.1) is 0 Å². The second-order valence-electron chi connectivity index (χ2n) is 3.99. The van der Waals surface area contributed by atoms with Gasteiger partial charge in [0, 0.05) is 13.1 Å². The Kier molecular flexibility index (Phi) is 5.32. The van der Waals surface area contributed by atoms with Gasteiger partial charge in [0.1, 0.15) is 0 Å². The highest BCUT2D eigenvalue weighted by molar-refractivity contribution is 7.89. The van der Waals surface area contributed by atoms with Gasteiger partial charge < -0.3 is 5.73 Å². The Morgan fingerprint density at radius 1 is 1.30 bits per heavy atom. The van der Waals surface area contributed by atoms with Gasteiger partial charge in [0.05, 0.1) is 10.5 Å². The third-order valence-electron chi connectivity index (χ3n) is 2.57. The molecule has 0 heterocycles. The lowest BCUT2D eigenvalue weighted by molar-refractivity contribution is -0.138. The van der Waals surface area contributed by atoms with Crippen LogP contribution >= 0.6 is 0 Å². The number of rotatable bonds is 5. The highest BCUT2D eigenvalue weighted by Crippen LogP contribution is 2.33. The molecule has 3 N–H and O–H groups in total. The number of nitrogens with one attached hydrogen (secondary N) is 1. The zero-order chi connectivity index (χ0) is 15.4. The zero-order valence-electron chi connectivity index (χ0n) is 10.7. The first-order valence-electron chi connectivity index (χ1n) is 5.71. The maximum absolute atomic E-state index is 12.7. The van der Waals surface area contributed by atoms with Gasteiger partial charge in [0.2, 0.25) is 10.0 Å². The van der Waals surface area contributed by atoms with Crippen molar-refractivity contribution in [2.75, 3.05) is 13.1 Å². The summed E-state index contributed by atoms with van der Waals surface area (Å²) < 4.78 is 64.3. The van der Waals surface area contributed by atoms with Gasteiger partial charge >= 0.3 is 6.18 Å². The highest BCUT2D eigenvalue weighted by atomic mass is 32.2. The van der Waals surface area contributed by atoms with Crippen molar-refractivity contribution in [2.24, 2.45) is 5.73 Å². The summed E-state index contributed by atoms with van der Waals surface area (Å²) in [4.78, 5) is -0.381. The van der Waals surface area contributed by atoms with Crippen molar-refractivity contribution >= 4 is 10.0 Å². The van der Waals surface area contributed by atoms with Crippen molar-refractivity contribution in [3.63, 3.8) is 0 Å². The zero-order valence-corrected chi connectivity index (χ0v) is 11.6. The van der Waals surface area contributed by atoms with Gasteiger partial charge in [0.25, 0.3) is 0 Å². The summed E-state index contributed by atoms with van der Waals surface area (Å²) in [7, 11) is -4.00. The van der Waals surface area contributed by atoms with Gasteiger partial charge in [-0.3, -0.25) is 0 Å². The minimum Gasteiger partial charge on any atom is -0.327 e. The molecule has 0 bridgehead atoms. The van der Waals surface area contributed by atoms with Crippen molar-refractivity contribution in [3.05, 3.63) is 41.5 Å². The van der Waals surface area contributed by atoms with E-state index >= 15 is 0 Å². The number of hydrogen-bond donors (Lipinski definition) is 2. The normalized spacial score (nSPS) is 13.1. The Balaban J connectivity index is 3.11. The van der Waals surface area contributed by atoms with E-state index in [1.807, 2.05) is 0 Å². The van der Waals surface area contributed by atoms with Crippen molar-refractivity contribution < 1.29 is 21.6 Å². The molecule has 0 saturated heterocycles. The number of nitrogens with two attached hydrogens (primary N) is 1. The predicted molar refractivity (Wildman–Crippen MR) is 69.6 cm³/mol. The standard InChI is InChI=1S/C12H15F3N2O2S/c1-9-10(12(13,14)15)5-4-6-11(9)20(18,19)17-8-3-2-7-16/h2-6,17H,7-8,16H2,1H3/b3-2+. The summed E-state index contributed by atoms with van der Waals surface area (Å²) in [5.74, 6) is 0. The van der Waals surface area contributed by atoms with E-state index in [1.54, 1.807) is 6.08 Å². The highest BCUT2D eigenvalue weighted by Gasteiger charge is 2.34. The average Bonchev–Trinajstić information content (AvgIpc) is 2.33. The molecule has 0 aliphatic rings. The molecule has 20 heavy (non-hydrogen) atoms. The first kappa shape index (κ1) is 16.7. The Bertz CT molecular complexity index is 595. The minimum atomic E-state index is -4.59. The van der Waals surface area contributed by atoms with Crippen LogP contribution in [0.25, 0.3) is 0 Å². The van der Waals surface area contributed by atoms with Crippen LogP contribution < -0.4 is 10.5 Å². The van der Waals surface area contributed by atoms with E-state index in [2.05, 4.69) is 4.72 Å². The number of hydrogen-bond acceptors (Lipinski definition) is 3. The van der Waals surface area contributed by atoms with Gasteiger partial charge in [-0.1, -0.05) is 18.2 Å². The maximum Gasteiger partial charge on any atom is 0.416 e. The lowest BCUT2D eigenvalue weighted by Gasteiger charge is -2.14. The lowest BCUT2D eigenvalue weighted by atomic mass is 10.1. The maximum atomic E-state index is 12.7. The molecule has 0 amide bonds. The fourth-order valence-electron chi connectivity index (χ4n) is 1.63. The van der Waals surface area contributed by atoms with Crippen molar-refractivity contribution in [3.8, 4) is 0 Å². The van der Waals surface area contributed by atoms with Crippen LogP contribution in [-0.2, 0) is 16.2 Å². The number of halogens is 3. The molecule has 1 rings (SSSR count). The van der Waals surface area contributed by atoms with E-state index in [0.29, 0.717) is 0 Å². The van der Waals surface area contributed by atoms with E-state index in [9.17, 15) is 21.6 Å². The van der Waals surface area contributed by atoms with Crippen LogP contribution in [0, 0.1) is 6.92 Å². The third kappa shape index (κ3) is 4.06. The molecule has 1 aromatic rings. The summed E-state index contributed by atoms with van der Waals surface area (Å²) in [6.45, 7) is 1.35. The van der Waals surface area contributed by atoms with Crippen LogP contribution in [0.1, 0.15) is 11.1 Å². The second kappa shape index (κ2) is 6.38. The van der Waals surface area contributed by atoms with E-state index < -0.39 is 21.8 Å². The molecule has 0 aliphatic heterocycles. The van der Waals surface area contributed by atoms with Crippen molar-refractivity contribution in [1.82, 2.24) is 4.72 Å². The SMILES string of the molecule is Cc1c(C(F)(F)F)cccc1S(=O)(=O)NC/C=C/CN. The molecule has 0 unspecified atom stereocenters. The Morgan fingerprint density at radius 2 is 1.95 bits per heavy atom. The number of benzene rings is 1. The van der Waals surface area contributed by atoms with Crippen LogP contribution in [-0.4, -0.2) is 21.5 Å². The molecule has 0 atom stereocenters. The molecule has 0 aliphatic carbocycles. The Hall–Kier alpha value is -1.38. The summed E-state index contributed by atoms with van der Waals surface area (Å²) in [6.07, 6.45) is -1.56. The van der Waals surface area contributed by atoms with Crippen LogP contribution in [0.15, 0.2) is 35.2 Å². The smallest absolute Gasteiger partial charge is 0.327 e. The van der Waals surface area contributed by atoms with Gasteiger partial charge in [-0.25, -0.2) is 13.1 Å². The Morgan fingerprint density at radius 3 is 2.50 bits per heavy atom. The lowest BCUT2D eigenvalue weighted by Crippen LogP contribution is -2.25. The molecule has 8 heteroatoms. The van der Waals surface area contributed by atoms with E-state index in [4.69, 9.17) is 5.73 Å². The van der Waals surface area contributed by atoms with Gasteiger partial charge in [-0.2, -0.15) is 13.2 Å². The van der Waals surface area contributed by atoms with Gasteiger partial charge in [0.15, 0.2) is 0 Å². The minimum absolute atomic E-state index is 0.0325. The molecular weight excluding hydrogens is 293 g/mol. The quantitative estimate of drug-likeness (QED) is 0.815. The monoisotopic (exact) mass is 308 g/mol. The molecule has 0 aromatic heterocycles. The van der Waals surface area contributed by atoms with Crippen LogP contribution in [0.4, 0.5) is 13.2 Å². The average molecular weight is 308 g/mol. The Labute approximate surface area is 115 Å². The molecule has 0 spiro atoms. The topological polar surface area (TPSA) is 72.2 Å². The molecular formula is C12H15F3N2O2S. The third-order valence-corrected chi connectivity index (χ3v) is 4.14. The molecule has 0 fully saturated rings. The number of sulfonamides is 1. The van der Waals surface area contributed by atoms with Crippen LogP contribution in [0.2, 0.25) is 0 Å². The molecule has 4 nitrogen and oxygen atoms in total. The summed E-state index contributed by atoms with van der Waals surface area (Å²) in [5.41, 5.74) is 3.91. The summed E-state index contributed by atoms with van der Waals surface area (Å²) in [5, 5.41) is 0. The predicted octanol–water partition coefficient (Wildman–Crippen LogP) is 1.81. The van der Waals surface area contributed by atoms with Crippen molar-refractivity contribution in [2.45, 2.75) is 18.0 Å². The van der Waals surface area contributed by atoms with E-state index in [0.717, 1.165) is 25.1 Å². The van der Waals surface area contributed by atoms with Gasteiger partial charge in [-0.05, 0) is 24.6 Å².